The Bertz CT molecular complexity index is 634. The number of aliphatic hydroxyl groups excluding tert-OH is 1. The van der Waals surface area contributed by atoms with Gasteiger partial charge in [0.25, 0.3) is 0 Å². The first-order valence-electron chi connectivity index (χ1n) is 7.13. The van der Waals surface area contributed by atoms with Gasteiger partial charge in [0, 0.05) is 19.7 Å². The van der Waals surface area contributed by atoms with E-state index in [-0.39, 0.29) is 11.9 Å². The number of likely N-dealkylation sites (tertiary alicyclic amines) is 1. The van der Waals surface area contributed by atoms with Gasteiger partial charge in [0.15, 0.2) is 5.82 Å². The molecule has 1 fully saturated rings. The summed E-state index contributed by atoms with van der Waals surface area (Å²) in [7, 11) is 1.56. The molecule has 7 heteroatoms. The van der Waals surface area contributed by atoms with E-state index in [2.05, 4.69) is 10.1 Å². The standard InChI is InChI=1S/C15H18FN3O3/c1-21-9-14-17-15(22-18-14)8-19-7-12(20)6-13(19)10-3-2-4-11(16)5-10/h2-5,12-13,20H,6-9H2,1H3/t12-,13-/m0/s1. The molecule has 2 atom stereocenters. The van der Waals surface area contributed by atoms with Crippen molar-refractivity contribution in [3.63, 3.8) is 0 Å². The van der Waals surface area contributed by atoms with Crippen molar-refractivity contribution in [2.45, 2.75) is 31.7 Å². The molecule has 1 aromatic carbocycles. The first kappa shape index (κ1) is 15.1. The zero-order chi connectivity index (χ0) is 15.5. The van der Waals surface area contributed by atoms with Crippen molar-refractivity contribution < 1.29 is 18.8 Å². The van der Waals surface area contributed by atoms with Gasteiger partial charge in [-0.05, 0) is 24.1 Å². The first-order chi connectivity index (χ1) is 10.7. The summed E-state index contributed by atoms with van der Waals surface area (Å²) >= 11 is 0. The molecule has 1 saturated heterocycles. The molecule has 118 valence electrons. The van der Waals surface area contributed by atoms with Crippen molar-refractivity contribution in [1.82, 2.24) is 15.0 Å². The van der Waals surface area contributed by atoms with Gasteiger partial charge in [0.2, 0.25) is 5.89 Å². The topological polar surface area (TPSA) is 71.6 Å². The van der Waals surface area contributed by atoms with Crippen molar-refractivity contribution in [3.8, 4) is 0 Å². The summed E-state index contributed by atoms with van der Waals surface area (Å²) in [5.74, 6) is 0.668. The molecule has 1 aromatic heterocycles. The third-order valence-corrected chi connectivity index (χ3v) is 3.74. The Morgan fingerprint density at radius 2 is 2.36 bits per heavy atom. The summed E-state index contributed by atoms with van der Waals surface area (Å²) in [6, 6.07) is 6.39. The van der Waals surface area contributed by atoms with Crippen molar-refractivity contribution in [3.05, 3.63) is 47.4 Å². The van der Waals surface area contributed by atoms with Gasteiger partial charge < -0.3 is 14.4 Å². The maximum absolute atomic E-state index is 13.4. The number of rotatable bonds is 5. The second kappa shape index (κ2) is 6.51. The third-order valence-electron chi connectivity index (χ3n) is 3.74. The van der Waals surface area contributed by atoms with Crippen LogP contribution in [0.1, 0.15) is 29.7 Å². The number of hydrogen-bond donors (Lipinski definition) is 1. The molecule has 1 N–H and O–H groups in total. The second-order valence-electron chi connectivity index (χ2n) is 5.43. The van der Waals surface area contributed by atoms with Gasteiger partial charge >= 0.3 is 0 Å². The zero-order valence-corrected chi connectivity index (χ0v) is 12.3. The van der Waals surface area contributed by atoms with E-state index in [4.69, 9.17) is 9.26 Å². The Balaban J connectivity index is 1.75. The molecule has 6 nitrogen and oxygen atoms in total. The number of benzene rings is 1. The molecule has 0 saturated carbocycles. The van der Waals surface area contributed by atoms with Crippen LogP contribution in [0.4, 0.5) is 4.39 Å². The molecule has 2 heterocycles. The van der Waals surface area contributed by atoms with Crippen LogP contribution in [0, 0.1) is 5.82 Å². The van der Waals surface area contributed by atoms with Crippen LogP contribution in [-0.2, 0) is 17.9 Å². The Labute approximate surface area is 127 Å². The third kappa shape index (κ3) is 3.32. The van der Waals surface area contributed by atoms with Gasteiger partial charge in [-0.15, -0.1) is 0 Å². The van der Waals surface area contributed by atoms with Gasteiger partial charge in [0.1, 0.15) is 12.4 Å². The molecule has 0 spiro atoms. The van der Waals surface area contributed by atoms with Crippen LogP contribution in [0.15, 0.2) is 28.8 Å². The predicted octanol–water partition coefficient (Wildman–Crippen LogP) is 1.66. The molecule has 0 radical (unpaired) electrons. The molecule has 0 bridgehead atoms. The van der Waals surface area contributed by atoms with Gasteiger partial charge in [-0.2, -0.15) is 4.98 Å². The largest absolute Gasteiger partial charge is 0.392 e. The van der Waals surface area contributed by atoms with Gasteiger partial charge in [-0.25, -0.2) is 4.39 Å². The summed E-state index contributed by atoms with van der Waals surface area (Å²) in [6.07, 6.45) is 0.109. The second-order valence-corrected chi connectivity index (χ2v) is 5.43. The van der Waals surface area contributed by atoms with Gasteiger partial charge in [-0.1, -0.05) is 17.3 Å². The smallest absolute Gasteiger partial charge is 0.240 e. The lowest BCUT2D eigenvalue weighted by Crippen LogP contribution is -2.24. The summed E-state index contributed by atoms with van der Waals surface area (Å²) in [5, 5.41) is 13.8. The van der Waals surface area contributed by atoms with Gasteiger partial charge in [-0.3, -0.25) is 4.90 Å². The molecule has 1 aliphatic heterocycles. The molecule has 0 amide bonds. The fraction of sp³-hybridized carbons (Fsp3) is 0.467. The Morgan fingerprint density at radius 3 is 3.14 bits per heavy atom. The fourth-order valence-corrected chi connectivity index (χ4v) is 2.83. The van der Waals surface area contributed by atoms with E-state index < -0.39 is 6.10 Å². The summed E-state index contributed by atoms with van der Waals surface area (Å²) in [5.41, 5.74) is 0.841. The molecular formula is C15H18FN3O3. The van der Waals surface area contributed by atoms with Crippen LogP contribution in [0.3, 0.4) is 0 Å². The monoisotopic (exact) mass is 307 g/mol. The quantitative estimate of drug-likeness (QED) is 0.906. The van der Waals surface area contributed by atoms with E-state index in [0.717, 1.165) is 5.56 Å². The van der Waals surface area contributed by atoms with Crippen molar-refractivity contribution >= 4 is 0 Å². The number of methoxy groups -OCH3 is 1. The van der Waals surface area contributed by atoms with Crippen LogP contribution in [0.5, 0.6) is 0 Å². The van der Waals surface area contributed by atoms with E-state index in [0.29, 0.717) is 37.8 Å². The summed E-state index contributed by atoms with van der Waals surface area (Å²) in [6.45, 7) is 1.19. The minimum atomic E-state index is -0.449. The molecule has 1 aliphatic rings. The molecule has 2 aromatic rings. The van der Waals surface area contributed by atoms with Crippen molar-refractivity contribution in [2.75, 3.05) is 13.7 Å². The summed E-state index contributed by atoms with van der Waals surface area (Å²) in [4.78, 5) is 6.25. The SMILES string of the molecule is COCc1noc(CN2C[C@@H](O)C[C@H]2c2cccc(F)c2)n1. The lowest BCUT2D eigenvalue weighted by atomic mass is 10.0. The molecule has 0 aliphatic carbocycles. The van der Waals surface area contributed by atoms with Gasteiger partial charge in [0.05, 0.1) is 12.6 Å². The zero-order valence-electron chi connectivity index (χ0n) is 12.3. The minimum absolute atomic E-state index is 0.0662. The van der Waals surface area contributed by atoms with E-state index >= 15 is 0 Å². The maximum Gasteiger partial charge on any atom is 0.240 e. The van der Waals surface area contributed by atoms with E-state index in [9.17, 15) is 9.50 Å². The van der Waals surface area contributed by atoms with Crippen LogP contribution in [0.2, 0.25) is 0 Å². The number of halogens is 1. The lowest BCUT2D eigenvalue weighted by Gasteiger charge is -2.22. The average Bonchev–Trinajstić information content (AvgIpc) is 3.06. The van der Waals surface area contributed by atoms with E-state index in [1.54, 1.807) is 13.2 Å². The first-order valence-corrected chi connectivity index (χ1v) is 7.13. The number of ether oxygens (including phenoxy) is 1. The molecule has 22 heavy (non-hydrogen) atoms. The Morgan fingerprint density at radius 1 is 1.50 bits per heavy atom. The number of aromatic nitrogens is 2. The maximum atomic E-state index is 13.4. The highest BCUT2D eigenvalue weighted by atomic mass is 19.1. The van der Waals surface area contributed by atoms with Crippen molar-refractivity contribution in [1.29, 1.82) is 0 Å². The van der Waals surface area contributed by atoms with E-state index in [1.807, 2.05) is 11.0 Å². The highest BCUT2D eigenvalue weighted by Crippen LogP contribution is 2.33. The van der Waals surface area contributed by atoms with Crippen molar-refractivity contribution in [2.24, 2.45) is 0 Å². The minimum Gasteiger partial charge on any atom is -0.392 e. The predicted molar refractivity (Wildman–Crippen MR) is 75.2 cm³/mol. The Hall–Kier alpha value is -1.83. The highest BCUT2D eigenvalue weighted by molar-refractivity contribution is 5.21. The lowest BCUT2D eigenvalue weighted by molar-refractivity contribution is 0.164. The van der Waals surface area contributed by atoms with Crippen LogP contribution in [0.25, 0.3) is 0 Å². The number of nitrogens with zero attached hydrogens (tertiary/aromatic N) is 3. The fourth-order valence-electron chi connectivity index (χ4n) is 2.83. The Kier molecular flexibility index (Phi) is 4.47. The molecule has 3 rings (SSSR count). The normalized spacial score (nSPS) is 22.3. The molecule has 0 unspecified atom stereocenters. The summed E-state index contributed by atoms with van der Waals surface area (Å²) < 4.78 is 23.6. The number of aliphatic hydroxyl groups is 1. The average molecular weight is 307 g/mol. The van der Waals surface area contributed by atoms with Crippen LogP contribution in [-0.4, -0.2) is 39.9 Å². The van der Waals surface area contributed by atoms with Crippen LogP contribution < -0.4 is 0 Å². The highest BCUT2D eigenvalue weighted by Gasteiger charge is 2.33. The van der Waals surface area contributed by atoms with Crippen LogP contribution >= 0.6 is 0 Å². The molecular weight excluding hydrogens is 289 g/mol. The number of β-amino-alcohol motifs (C(OH)–C–C–N with tert-alkyl or cyclic N) is 1. The number of hydrogen-bond acceptors (Lipinski definition) is 6. The van der Waals surface area contributed by atoms with E-state index in [1.165, 1.54) is 12.1 Å².